The van der Waals surface area contributed by atoms with Crippen LogP contribution in [0.2, 0.25) is 0 Å². The summed E-state index contributed by atoms with van der Waals surface area (Å²) in [7, 11) is 1.60. The Morgan fingerprint density at radius 2 is 1.56 bits per heavy atom. The summed E-state index contributed by atoms with van der Waals surface area (Å²) in [6.45, 7) is 0. The number of methoxy groups -OCH3 is 1. The SMILES string of the molecule is COc1cccc(C#Cc2cc(O)cc(O)c2)c1. The zero-order valence-electron chi connectivity index (χ0n) is 9.84. The van der Waals surface area contributed by atoms with E-state index in [0.29, 0.717) is 5.56 Å². The highest BCUT2D eigenvalue weighted by atomic mass is 16.5. The van der Waals surface area contributed by atoms with Gasteiger partial charge in [-0.1, -0.05) is 17.9 Å². The average Bonchev–Trinajstić information content (AvgIpc) is 2.35. The molecule has 2 aromatic carbocycles. The van der Waals surface area contributed by atoms with Gasteiger partial charge in [-0.2, -0.15) is 0 Å². The van der Waals surface area contributed by atoms with Crippen molar-refractivity contribution in [3.63, 3.8) is 0 Å². The summed E-state index contributed by atoms with van der Waals surface area (Å²) < 4.78 is 5.10. The molecule has 0 saturated heterocycles. The molecule has 18 heavy (non-hydrogen) atoms. The van der Waals surface area contributed by atoms with E-state index >= 15 is 0 Å². The number of hydrogen-bond donors (Lipinski definition) is 2. The van der Waals surface area contributed by atoms with Gasteiger partial charge in [-0.3, -0.25) is 0 Å². The minimum absolute atomic E-state index is 0.00931. The van der Waals surface area contributed by atoms with E-state index < -0.39 is 0 Å². The van der Waals surface area contributed by atoms with E-state index in [-0.39, 0.29) is 11.5 Å². The normalized spacial score (nSPS) is 9.39. The first-order valence-corrected chi connectivity index (χ1v) is 5.36. The first-order valence-electron chi connectivity index (χ1n) is 5.36. The fraction of sp³-hybridized carbons (Fsp3) is 0.0667. The number of ether oxygens (including phenoxy) is 1. The van der Waals surface area contributed by atoms with Gasteiger partial charge < -0.3 is 14.9 Å². The number of phenolic OH excluding ortho intramolecular Hbond substituents is 2. The molecule has 0 atom stereocenters. The minimum atomic E-state index is -0.00931. The largest absolute Gasteiger partial charge is 0.508 e. The van der Waals surface area contributed by atoms with Crippen LogP contribution in [0.5, 0.6) is 17.2 Å². The molecule has 2 rings (SSSR count). The highest BCUT2D eigenvalue weighted by molar-refractivity contribution is 5.49. The summed E-state index contributed by atoms with van der Waals surface area (Å²) in [4.78, 5) is 0. The van der Waals surface area contributed by atoms with Crippen LogP contribution in [0.3, 0.4) is 0 Å². The number of rotatable bonds is 1. The summed E-state index contributed by atoms with van der Waals surface area (Å²) in [5.41, 5.74) is 1.35. The standard InChI is InChI=1S/C15H12O3/c1-18-15-4-2-3-11(9-15)5-6-12-7-13(16)10-14(17)8-12/h2-4,7-10,16-17H,1H3. The monoisotopic (exact) mass is 240 g/mol. The lowest BCUT2D eigenvalue weighted by atomic mass is 10.1. The Balaban J connectivity index is 2.30. The molecule has 0 saturated carbocycles. The maximum atomic E-state index is 9.33. The van der Waals surface area contributed by atoms with Crippen LogP contribution in [0, 0.1) is 11.8 Å². The zero-order chi connectivity index (χ0) is 13.0. The Bertz CT molecular complexity index is 601. The van der Waals surface area contributed by atoms with Crippen LogP contribution in [0.4, 0.5) is 0 Å². The van der Waals surface area contributed by atoms with Crippen molar-refractivity contribution in [1.29, 1.82) is 0 Å². The number of benzene rings is 2. The molecule has 0 fully saturated rings. The third-order valence-electron chi connectivity index (χ3n) is 2.32. The summed E-state index contributed by atoms with van der Waals surface area (Å²) in [6.07, 6.45) is 0. The molecule has 2 aromatic rings. The summed E-state index contributed by atoms with van der Waals surface area (Å²) in [6, 6.07) is 11.6. The van der Waals surface area contributed by atoms with Crippen LogP contribution < -0.4 is 4.74 Å². The van der Waals surface area contributed by atoms with Crippen molar-refractivity contribution < 1.29 is 14.9 Å². The van der Waals surface area contributed by atoms with Crippen molar-refractivity contribution >= 4 is 0 Å². The zero-order valence-corrected chi connectivity index (χ0v) is 9.84. The summed E-state index contributed by atoms with van der Waals surface area (Å²) >= 11 is 0. The quantitative estimate of drug-likeness (QED) is 0.753. The highest BCUT2D eigenvalue weighted by Gasteiger charge is 1.96. The average molecular weight is 240 g/mol. The number of aromatic hydroxyl groups is 2. The summed E-state index contributed by atoms with van der Waals surface area (Å²) in [5.74, 6) is 6.52. The molecule has 0 aliphatic rings. The molecule has 0 radical (unpaired) electrons. The molecule has 0 bridgehead atoms. The van der Waals surface area contributed by atoms with Gasteiger partial charge in [-0.25, -0.2) is 0 Å². The molecule has 0 aliphatic carbocycles. The first-order chi connectivity index (χ1) is 8.67. The predicted molar refractivity (Wildman–Crippen MR) is 68.7 cm³/mol. The van der Waals surface area contributed by atoms with E-state index in [9.17, 15) is 10.2 Å². The van der Waals surface area contributed by atoms with Crippen LogP contribution in [-0.4, -0.2) is 17.3 Å². The Labute approximate surface area is 105 Å². The Kier molecular flexibility index (Phi) is 3.40. The molecule has 3 nitrogen and oxygen atoms in total. The molecule has 90 valence electrons. The molecule has 3 heteroatoms. The molecular formula is C15H12O3. The second-order valence-corrected chi connectivity index (χ2v) is 3.72. The van der Waals surface area contributed by atoms with Gasteiger partial charge in [0.1, 0.15) is 17.2 Å². The molecule has 0 unspecified atom stereocenters. The Hall–Kier alpha value is -2.60. The topological polar surface area (TPSA) is 49.7 Å². The number of phenols is 2. The Morgan fingerprint density at radius 1 is 0.889 bits per heavy atom. The molecule has 0 aliphatic heterocycles. The van der Waals surface area contributed by atoms with Gasteiger partial charge in [0, 0.05) is 17.2 Å². The van der Waals surface area contributed by atoms with Crippen molar-refractivity contribution in [2.75, 3.05) is 7.11 Å². The minimum Gasteiger partial charge on any atom is -0.508 e. The van der Waals surface area contributed by atoms with E-state index in [4.69, 9.17) is 4.74 Å². The lowest BCUT2D eigenvalue weighted by Gasteiger charge is -1.98. The lowest BCUT2D eigenvalue weighted by Crippen LogP contribution is -1.83. The first kappa shape index (κ1) is 11.9. The predicted octanol–water partition coefficient (Wildman–Crippen LogP) is 2.51. The maximum absolute atomic E-state index is 9.33. The third kappa shape index (κ3) is 2.96. The smallest absolute Gasteiger partial charge is 0.120 e. The van der Waals surface area contributed by atoms with E-state index in [0.717, 1.165) is 11.3 Å². The van der Waals surface area contributed by atoms with Crippen molar-refractivity contribution in [1.82, 2.24) is 0 Å². The van der Waals surface area contributed by atoms with E-state index in [2.05, 4.69) is 11.8 Å². The van der Waals surface area contributed by atoms with Crippen LogP contribution >= 0.6 is 0 Å². The van der Waals surface area contributed by atoms with Crippen molar-refractivity contribution in [3.8, 4) is 29.1 Å². The molecular weight excluding hydrogens is 228 g/mol. The maximum Gasteiger partial charge on any atom is 0.120 e. The fourth-order valence-electron chi connectivity index (χ4n) is 1.51. The van der Waals surface area contributed by atoms with E-state index in [1.807, 2.05) is 24.3 Å². The van der Waals surface area contributed by atoms with Gasteiger partial charge in [0.2, 0.25) is 0 Å². The van der Waals surface area contributed by atoms with Crippen molar-refractivity contribution in [2.45, 2.75) is 0 Å². The van der Waals surface area contributed by atoms with E-state index in [1.165, 1.54) is 18.2 Å². The molecule has 0 spiro atoms. The van der Waals surface area contributed by atoms with Gasteiger partial charge in [0.05, 0.1) is 7.11 Å². The van der Waals surface area contributed by atoms with Crippen LogP contribution in [-0.2, 0) is 0 Å². The van der Waals surface area contributed by atoms with Gasteiger partial charge >= 0.3 is 0 Å². The second-order valence-electron chi connectivity index (χ2n) is 3.72. The van der Waals surface area contributed by atoms with Gasteiger partial charge in [0.25, 0.3) is 0 Å². The van der Waals surface area contributed by atoms with E-state index in [1.54, 1.807) is 7.11 Å². The lowest BCUT2D eigenvalue weighted by molar-refractivity contribution is 0.414. The molecule has 0 amide bonds. The Morgan fingerprint density at radius 3 is 2.22 bits per heavy atom. The fourth-order valence-corrected chi connectivity index (χ4v) is 1.51. The van der Waals surface area contributed by atoms with Crippen LogP contribution in [0.25, 0.3) is 0 Å². The molecule has 0 heterocycles. The van der Waals surface area contributed by atoms with Gasteiger partial charge in [-0.15, -0.1) is 0 Å². The van der Waals surface area contributed by atoms with Gasteiger partial charge in [-0.05, 0) is 30.3 Å². The van der Waals surface area contributed by atoms with Crippen LogP contribution in [0.15, 0.2) is 42.5 Å². The van der Waals surface area contributed by atoms with Crippen molar-refractivity contribution in [3.05, 3.63) is 53.6 Å². The highest BCUT2D eigenvalue weighted by Crippen LogP contribution is 2.19. The number of hydrogen-bond acceptors (Lipinski definition) is 3. The van der Waals surface area contributed by atoms with Crippen molar-refractivity contribution in [2.24, 2.45) is 0 Å². The molecule has 2 N–H and O–H groups in total. The molecule has 0 aromatic heterocycles. The second kappa shape index (κ2) is 5.15. The third-order valence-corrected chi connectivity index (χ3v) is 2.32. The van der Waals surface area contributed by atoms with Gasteiger partial charge in [0.15, 0.2) is 0 Å². The van der Waals surface area contributed by atoms with Crippen LogP contribution in [0.1, 0.15) is 11.1 Å². The summed E-state index contributed by atoms with van der Waals surface area (Å²) in [5, 5.41) is 18.7.